The molecule has 1 aromatic rings. The third kappa shape index (κ3) is 4.36. The summed E-state index contributed by atoms with van der Waals surface area (Å²) in [5.41, 5.74) is -0.410. The van der Waals surface area contributed by atoms with E-state index in [2.05, 4.69) is 0 Å². The molecule has 1 rings (SSSR count). The summed E-state index contributed by atoms with van der Waals surface area (Å²) in [5, 5.41) is 0.507. The van der Waals surface area contributed by atoms with E-state index >= 15 is 0 Å². The minimum atomic E-state index is -4.87. The van der Waals surface area contributed by atoms with Gasteiger partial charge in [0.2, 0.25) is 0 Å². The maximum absolute atomic E-state index is 12.7. The van der Waals surface area contributed by atoms with E-state index in [0.717, 1.165) is 0 Å². The van der Waals surface area contributed by atoms with Crippen molar-refractivity contribution in [2.24, 2.45) is 0 Å². The minimum absolute atomic E-state index is 0. The van der Waals surface area contributed by atoms with Crippen LogP contribution in [0.15, 0.2) is 24.3 Å². The molecule has 6 heteroatoms. The van der Waals surface area contributed by atoms with Crippen molar-refractivity contribution in [3.63, 3.8) is 0 Å². The van der Waals surface area contributed by atoms with Gasteiger partial charge in [-0.2, -0.15) is 0 Å². The smallest absolute Gasteiger partial charge is 0.445 e. The summed E-state index contributed by atoms with van der Waals surface area (Å²) in [7, 11) is -1.89. The van der Waals surface area contributed by atoms with Gasteiger partial charge < -0.3 is 12.9 Å². The Hall–Kier alpha value is 0.928. The first-order valence-corrected chi connectivity index (χ1v) is 8.02. The molecule has 78 valence electrons. The van der Waals surface area contributed by atoms with Crippen LogP contribution in [0.4, 0.5) is 12.9 Å². The van der Waals surface area contributed by atoms with Gasteiger partial charge in [0, 0.05) is 0 Å². The summed E-state index contributed by atoms with van der Waals surface area (Å²) in [6.07, 6.45) is 0. The molecule has 0 fully saturated rings. The van der Waals surface area contributed by atoms with Crippen molar-refractivity contribution in [2.75, 3.05) is 0 Å². The second-order valence-corrected chi connectivity index (χ2v) is 9.45. The number of hydrogen-bond donors (Lipinski definition) is 0. The molecular formula is C9H13BF3KSi. The van der Waals surface area contributed by atoms with Crippen molar-refractivity contribution < 1.29 is 64.3 Å². The van der Waals surface area contributed by atoms with Crippen LogP contribution in [0.5, 0.6) is 0 Å². The van der Waals surface area contributed by atoms with Crippen molar-refractivity contribution in [1.29, 1.82) is 0 Å². The number of benzene rings is 1. The SMILES string of the molecule is C[Si](C)(C)c1ccccc1[B-](F)(F)F.[K+]. The first kappa shape index (κ1) is 15.9. The molecule has 0 amide bonds. The van der Waals surface area contributed by atoms with Crippen LogP contribution in [0.25, 0.3) is 0 Å². The first-order chi connectivity index (χ1) is 6.23. The summed E-state index contributed by atoms with van der Waals surface area (Å²) in [6.45, 7) is 0.905. The molecular weight excluding hydrogens is 243 g/mol. The van der Waals surface area contributed by atoms with Crippen molar-refractivity contribution in [3.05, 3.63) is 24.3 Å². The summed E-state index contributed by atoms with van der Waals surface area (Å²) in [6, 6.07) is 5.93. The Morgan fingerprint density at radius 3 is 1.80 bits per heavy atom. The minimum Gasteiger partial charge on any atom is -0.445 e. The molecule has 0 radical (unpaired) electrons. The zero-order chi connectivity index (χ0) is 11.0. The summed E-state index contributed by atoms with van der Waals surface area (Å²) in [4.78, 5) is 0. The molecule has 0 aliphatic carbocycles. The van der Waals surface area contributed by atoms with E-state index in [9.17, 15) is 12.9 Å². The summed E-state index contributed by atoms with van der Waals surface area (Å²) < 4.78 is 38.0. The third-order valence-corrected chi connectivity index (χ3v) is 4.19. The fourth-order valence-electron chi connectivity index (χ4n) is 1.47. The Kier molecular flexibility index (Phi) is 5.85. The van der Waals surface area contributed by atoms with Gasteiger partial charge in [0.05, 0.1) is 8.07 Å². The van der Waals surface area contributed by atoms with E-state index in [1.807, 2.05) is 19.6 Å². The molecule has 0 aliphatic heterocycles. The van der Waals surface area contributed by atoms with Crippen LogP contribution in [-0.2, 0) is 0 Å². The van der Waals surface area contributed by atoms with Gasteiger partial charge in [-0.05, 0) is 0 Å². The monoisotopic (exact) mass is 256 g/mol. The Bertz CT molecular complexity index is 300. The molecule has 0 saturated heterocycles. The van der Waals surface area contributed by atoms with Crippen LogP contribution in [0.2, 0.25) is 19.6 Å². The van der Waals surface area contributed by atoms with E-state index in [4.69, 9.17) is 0 Å². The van der Waals surface area contributed by atoms with Crippen LogP contribution in [0.3, 0.4) is 0 Å². The normalized spacial score (nSPS) is 12.1. The van der Waals surface area contributed by atoms with Gasteiger partial charge in [0.25, 0.3) is 0 Å². The zero-order valence-corrected chi connectivity index (χ0v) is 13.6. The van der Waals surface area contributed by atoms with E-state index in [1.54, 1.807) is 12.1 Å². The van der Waals surface area contributed by atoms with Gasteiger partial charge in [-0.1, -0.05) is 49.1 Å². The largest absolute Gasteiger partial charge is 1.00 e. The molecule has 0 heterocycles. The molecule has 0 saturated carbocycles. The maximum Gasteiger partial charge on any atom is 1.00 e. The summed E-state index contributed by atoms with van der Waals surface area (Å²) >= 11 is 0. The predicted molar refractivity (Wildman–Crippen MR) is 58.1 cm³/mol. The van der Waals surface area contributed by atoms with Crippen LogP contribution >= 0.6 is 0 Å². The molecule has 0 atom stereocenters. The van der Waals surface area contributed by atoms with Crippen LogP contribution < -0.4 is 62.0 Å². The predicted octanol–water partition coefficient (Wildman–Crippen LogP) is -0.710. The van der Waals surface area contributed by atoms with E-state index in [1.165, 1.54) is 12.1 Å². The van der Waals surface area contributed by atoms with Crippen molar-refractivity contribution in [3.8, 4) is 0 Å². The molecule has 0 unspecified atom stereocenters. The Morgan fingerprint density at radius 2 is 1.47 bits per heavy atom. The second-order valence-electron chi connectivity index (χ2n) is 4.41. The van der Waals surface area contributed by atoms with Crippen molar-refractivity contribution in [1.82, 2.24) is 0 Å². The van der Waals surface area contributed by atoms with E-state index in [-0.39, 0.29) is 51.4 Å². The van der Waals surface area contributed by atoms with Gasteiger partial charge in [-0.25, -0.2) is 0 Å². The second kappa shape index (κ2) is 5.51. The Balaban J connectivity index is 0.00000196. The Labute approximate surface area is 132 Å². The van der Waals surface area contributed by atoms with Crippen molar-refractivity contribution >= 4 is 25.7 Å². The zero-order valence-electron chi connectivity index (χ0n) is 9.52. The van der Waals surface area contributed by atoms with Gasteiger partial charge in [-0.15, -0.1) is 5.46 Å². The molecule has 15 heavy (non-hydrogen) atoms. The quantitative estimate of drug-likeness (QED) is 0.613. The third-order valence-electron chi connectivity index (χ3n) is 2.12. The average Bonchev–Trinajstić information content (AvgIpc) is 2.01. The molecule has 0 aliphatic rings. The molecule has 1 aromatic carbocycles. The van der Waals surface area contributed by atoms with Gasteiger partial charge >= 0.3 is 58.4 Å². The van der Waals surface area contributed by atoms with E-state index in [0.29, 0.717) is 5.19 Å². The fourth-order valence-corrected chi connectivity index (χ4v) is 3.17. The van der Waals surface area contributed by atoms with E-state index < -0.39 is 20.5 Å². The van der Waals surface area contributed by atoms with Crippen molar-refractivity contribution in [2.45, 2.75) is 19.6 Å². The van der Waals surface area contributed by atoms with Gasteiger partial charge in [0.1, 0.15) is 0 Å². The van der Waals surface area contributed by atoms with Crippen LogP contribution in [0, 0.1) is 0 Å². The van der Waals surface area contributed by atoms with Gasteiger partial charge in [0.15, 0.2) is 0 Å². The molecule has 0 bridgehead atoms. The van der Waals surface area contributed by atoms with Gasteiger partial charge in [-0.3, -0.25) is 0 Å². The van der Waals surface area contributed by atoms with Crippen LogP contribution in [0.1, 0.15) is 0 Å². The number of halogens is 3. The first-order valence-electron chi connectivity index (χ1n) is 4.52. The standard InChI is InChI=1S/C9H13BF3Si.K/c1-14(2,3)9-7-5-4-6-8(9)10(11,12)13;/h4-7H,1-3H3;/q-1;+1. The van der Waals surface area contributed by atoms with Crippen LogP contribution in [-0.4, -0.2) is 15.1 Å². The average molecular weight is 256 g/mol. The number of hydrogen-bond acceptors (Lipinski definition) is 0. The topological polar surface area (TPSA) is 0 Å². The molecule has 0 nitrogen and oxygen atoms in total. The molecule has 0 spiro atoms. The maximum atomic E-state index is 12.7. The Morgan fingerprint density at radius 1 is 1.00 bits per heavy atom. The summed E-state index contributed by atoms with van der Waals surface area (Å²) in [5.74, 6) is 0. The molecule has 0 aromatic heterocycles. The molecule has 0 N–H and O–H groups in total. The number of rotatable bonds is 2. The fraction of sp³-hybridized carbons (Fsp3) is 0.333.